The van der Waals surface area contributed by atoms with E-state index in [4.69, 9.17) is 0 Å². The smallest absolute Gasteiger partial charge is 0.235 e. The van der Waals surface area contributed by atoms with Crippen molar-refractivity contribution < 1.29 is 4.79 Å². The summed E-state index contributed by atoms with van der Waals surface area (Å²) in [5.41, 5.74) is 2.28. The lowest BCUT2D eigenvalue weighted by molar-refractivity contribution is -0.131. The number of hydrogen-bond acceptors (Lipinski definition) is 4. The normalized spacial score (nSPS) is 16.0. The van der Waals surface area contributed by atoms with Crippen molar-refractivity contribution in [3.8, 4) is 11.4 Å². The van der Waals surface area contributed by atoms with Crippen molar-refractivity contribution in [2.75, 3.05) is 13.1 Å². The molecule has 2 aromatic rings. The van der Waals surface area contributed by atoms with Gasteiger partial charge in [0.05, 0.1) is 5.25 Å². The number of carbonyl (C=O) groups excluding carboxylic acids is 1. The van der Waals surface area contributed by atoms with Crippen LogP contribution in [-0.4, -0.2) is 43.9 Å². The third-order valence-electron chi connectivity index (χ3n) is 4.72. The predicted molar refractivity (Wildman–Crippen MR) is 102 cm³/mol. The number of piperidine rings is 1. The zero-order valence-electron chi connectivity index (χ0n) is 15.2. The second-order valence-electron chi connectivity index (χ2n) is 6.51. The summed E-state index contributed by atoms with van der Waals surface area (Å²) in [7, 11) is 0. The third-order valence-corrected chi connectivity index (χ3v) is 5.78. The Bertz CT molecular complexity index is 737. The first-order valence-corrected chi connectivity index (χ1v) is 9.94. The van der Waals surface area contributed by atoms with E-state index < -0.39 is 0 Å². The second kappa shape index (κ2) is 8.04. The predicted octanol–water partition coefficient (Wildman–Crippen LogP) is 3.77. The van der Waals surface area contributed by atoms with E-state index in [1.165, 1.54) is 23.7 Å². The van der Waals surface area contributed by atoms with E-state index in [2.05, 4.69) is 40.7 Å². The highest BCUT2D eigenvalue weighted by molar-refractivity contribution is 8.00. The minimum absolute atomic E-state index is 0.141. The molecule has 134 valence electrons. The van der Waals surface area contributed by atoms with Crippen LogP contribution in [0.5, 0.6) is 0 Å². The average molecular weight is 359 g/mol. The Morgan fingerprint density at radius 2 is 1.92 bits per heavy atom. The Kier molecular flexibility index (Phi) is 5.78. The van der Waals surface area contributed by atoms with E-state index in [1.54, 1.807) is 0 Å². The molecule has 1 atom stereocenters. The van der Waals surface area contributed by atoms with Crippen molar-refractivity contribution in [1.29, 1.82) is 0 Å². The van der Waals surface area contributed by atoms with Crippen LogP contribution in [0.1, 0.15) is 38.7 Å². The molecule has 0 bridgehead atoms. The van der Waals surface area contributed by atoms with Gasteiger partial charge in [0.25, 0.3) is 0 Å². The number of amides is 1. The largest absolute Gasteiger partial charge is 0.342 e. The van der Waals surface area contributed by atoms with Crippen LogP contribution < -0.4 is 0 Å². The first-order chi connectivity index (χ1) is 12.1. The summed E-state index contributed by atoms with van der Waals surface area (Å²) < 4.78 is 2.10. The van der Waals surface area contributed by atoms with Crippen LogP contribution in [0, 0.1) is 6.92 Å². The molecule has 1 aromatic carbocycles. The van der Waals surface area contributed by atoms with Gasteiger partial charge >= 0.3 is 0 Å². The van der Waals surface area contributed by atoms with Gasteiger partial charge in [-0.1, -0.05) is 36.0 Å². The number of benzene rings is 1. The molecule has 5 nitrogen and oxygen atoms in total. The summed E-state index contributed by atoms with van der Waals surface area (Å²) in [6, 6.07) is 8.20. The minimum atomic E-state index is -0.141. The Balaban J connectivity index is 1.79. The zero-order chi connectivity index (χ0) is 17.8. The average Bonchev–Trinajstić information content (AvgIpc) is 3.04. The zero-order valence-corrected chi connectivity index (χ0v) is 16.1. The quantitative estimate of drug-likeness (QED) is 0.764. The Labute approximate surface area is 153 Å². The van der Waals surface area contributed by atoms with Gasteiger partial charge in [0.2, 0.25) is 5.91 Å². The lowest BCUT2D eigenvalue weighted by Crippen LogP contribution is -2.40. The SMILES string of the molecule is CCn1c(S[C@H](C)C(=O)N2CCCCC2)nnc1-c1ccccc1C. The molecule has 0 saturated carbocycles. The van der Waals surface area contributed by atoms with E-state index >= 15 is 0 Å². The summed E-state index contributed by atoms with van der Waals surface area (Å²) in [6.45, 7) is 8.70. The molecule has 1 aromatic heterocycles. The van der Waals surface area contributed by atoms with Crippen molar-refractivity contribution in [3.05, 3.63) is 29.8 Å². The Morgan fingerprint density at radius 1 is 1.20 bits per heavy atom. The molecule has 3 rings (SSSR count). The van der Waals surface area contributed by atoms with E-state index in [0.717, 1.165) is 49.0 Å². The molecular formula is C19H26N4OS. The number of thioether (sulfide) groups is 1. The molecule has 0 N–H and O–H groups in total. The molecule has 0 spiro atoms. The highest BCUT2D eigenvalue weighted by Gasteiger charge is 2.25. The van der Waals surface area contributed by atoms with Gasteiger partial charge < -0.3 is 9.47 Å². The summed E-state index contributed by atoms with van der Waals surface area (Å²) in [4.78, 5) is 14.7. The molecule has 1 aliphatic heterocycles. The second-order valence-corrected chi connectivity index (χ2v) is 7.82. The molecule has 1 aliphatic rings. The van der Waals surface area contributed by atoms with Gasteiger partial charge in [-0.2, -0.15) is 0 Å². The van der Waals surface area contributed by atoms with Crippen LogP contribution in [0.3, 0.4) is 0 Å². The molecular weight excluding hydrogens is 332 g/mol. The molecule has 6 heteroatoms. The van der Waals surface area contributed by atoms with Gasteiger partial charge in [-0.25, -0.2) is 0 Å². The van der Waals surface area contributed by atoms with Crippen LogP contribution in [0.2, 0.25) is 0 Å². The highest BCUT2D eigenvalue weighted by atomic mass is 32.2. The van der Waals surface area contributed by atoms with Gasteiger partial charge in [0, 0.05) is 25.2 Å². The van der Waals surface area contributed by atoms with E-state index in [1.807, 2.05) is 24.0 Å². The molecule has 0 unspecified atom stereocenters. The summed E-state index contributed by atoms with van der Waals surface area (Å²) in [5.74, 6) is 1.09. The lowest BCUT2D eigenvalue weighted by atomic mass is 10.1. The first kappa shape index (κ1) is 18.0. The fourth-order valence-electron chi connectivity index (χ4n) is 3.26. The number of aryl methyl sites for hydroxylation is 1. The standard InChI is InChI=1S/C19H26N4OS/c1-4-23-17(16-11-7-6-10-14(16)2)20-21-19(23)25-15(3)18(24)22-12-8-5-9-13-22/h6-7,10-11,15H,4-5,8-9,12-13H2,1-3H3/t15-/m1/s1. The maximum atomic E-state index is 12.7. The van der Waals surface area contributed by atoms with Crippen LogP contribution in [0.25, 0.3) is 11.4 Å². The molecule has 0 radical (unpaired) electrons. The molecule has 1 saturated heterocycles. The summed E-state index contributed by atoms with van der Waals surface area (Å²) >= 11 is 1.52. The van der Waals surface area contributed by atoms with Crippen LogP contribution in [0.4, 0.5) is 0 Å². The third kappa shape index (κ3) is 3.89. The first-order valence-electron chi connectivity index (χ1n) is 9.06. The lowest BCUT2D eigenvalue weighted by Gasteiger charge is -2.28. The van der Waals surface area contributed by atoms with Crippen LogP contribution in [0.15, 0.2) is 29.4 Å². The topological polar surface area (TPSA) is 51.0 Å². The van der Waals surface area contributed by atoms with Crippen LogP contribution >= 0.6 is 11.8 Å². The fourth-order valence-corrected chi connectivity index (χ4v) is 4.26. The number of aromatic nitrogens is 3. The van der Waals surface area contributed by atoms with Gasteiger partial charge in [-0.3, -0.25) is 4.79 Å². The Hall–Kier alpha value is -1.82. The van der Waals surface area contributed by atoms with Crippen molar-refractivity contribution in [3.63, 3.8) is 0 Å². The number of rotatable bonds is 5. The molecule has 25 heavy (non-hydrogen) atoms. The fraction of sp³-hybridized carbons (Fsp3) is 0.526. The van der Waals surface area contributed by atoms with E-state index in [-0.39, 0.29) is 11.2 Å². The maximum Gasteiger partial charge on any atom is 0.235 e. The van der Waals surface area contributed by atoms with Gasteiger partial charge in [-0.05, 0) is 45.6 Å². The van der Waals surface area contributed by atoms with Gasteiger partial charge in [-0.15, -0.1) is 10.2 Å². The van der Waals surface area contributed by atoms with E-state index in [9.17, 15) is 4.79 Å². The molecule has 1 fully saturated rings. The van der Waals surface area contributed by atoms with Crippen LogP contribution in [-0.2, 0) is 11.3 Å². The van der Waals surface area contributed by atoms with Gasteiger partial charge in [0.1, 0.15) is 0 Å². The number of hydrogen-bond donors (Lipinski definition) is 0. The van der Waals surface area contributed by atoms with Crippen molar-refractivity contribution >= 4 is 17.7 Å². The molecule has 0 aliphatic carbocycles. The molecule has 2 heterocycles. The van der Waals surface area contributed by atoms with E-state index in [0.29, 0.717) is 0 Å². The van der Waals surface area contributed by atoms with Crippen molar-refractivity contribution in [2.24, 2.45) is 0 Å². The monoisotopic (exact) mass is 358 g/mol. The molecule has 1 amide bonds. The number of carbonyl (C=O) groups is 1. The number of nitrogens with zero attached hydrogens (tertiary/aromatic N) is 4. The summed E-state index contributed by atoms with van der Waals surface area (Å²) in [5, 5.41) is 9.46. The maximum absolute atomic E-state index is 12.7. The Morgan fingerprint density at radius 3 is 2.60 bits per heavy atom. The highest BCUT2D eigenvalue weighted by Crippen LogP contribution is 2.29. The number of likely N-dealkylation sites (tertiary alicyclic amines) is 1. The van der Waals surface area contributed by atoms with Gasteiger partial charge in [0.15, 0.2) is 11.0 Å². The van der Waals surface area contributed by atoms with Crippen molar-refractivity contribution in [1.82, 2.24) is 19.7 Å². The summed E-state index contributed by atoms with van der Waals surface area (Å²) in [6.07, 6.45) is 3.46. The van der Waals surface area contributed by atoms with Crippen molar-refractivity contribution in [2.45, 2.75) is 57.0 Å². The minimum Gasteiger partial charge on any atom is -0.342 e.